The predicted octanol–water partition coefficient (Wildman–Crippen LogP) is -2.18. The third-order valence-electron chi connectivity index (χ3n) is 0. The van der Waals surface area contributed by atoms with Crippen LogP contribution in [0.4, 0.5) is 0 Å². The van der Waals surface area contributed by atoms with E-state index in [0.717, 1.165) is 0 Å². The monoisotopic (exact) mass is 288 g/mol. The summed E-state index contributed by atoms with van der Waals surface area (Å²) in [5, 5.41) is 0. The van der Waals surface area contributed by atoms with Gasteiger partial charge in [0, 0.05) is 10.4 Å². The van der Waals surface area contributed by atoms with Crippen molar-refractivity contribution in [2.75, 3.05) is 0 Å². The van der Waals surface area contributed by atoms with Crippen LogP contribution in [0, 0.1) is 0 Å². The first kappa shape index (κ1) is 22.9. The molecule has 79 valence electrons. The van der Waals surface area contributed by atoms with Crippen LogP contribution in [0.5, 0.6) is 0 Å². The fraction of sp³-hybridized carbons (Fsp3) is 0. The minimum Gasteiger partial charge on any atom is -0.780 e. The van der Waals surface area contributed by atoms with E-state index in [0.29, 0.717) is 0 Å². The summed E-state index contributed by atoms with van der Waals surface area (Å²) in [7, 11) is -9.50. The van der Waals surface area contributed by atoms with Gasteiger partial charge in [0.1, 0.15) is 0 Å². The fourth-order valence-electron chi connectivity index (χ4n) is 0. The molecule has 0 aliphatic heterocycles. The Labute approximate surface area is 84.7 Å². The molecule has 1 radical (unpaired) electrons. The van der Waals surface area contributed by atoms with Crippen molar-refractivity contribution in [3.8, 4) is 0 Å². The molecule has 0 heterocycles. The van der Waals surface area contributed by atoms with Crippen molar-refractivity contribution < 1.29 is 47.9 Å². The van der Waals surface area contributed by atoms with Crippen LogP contribution in [0.3, 0.4) is 0 Å². The molecule has 0 aromatic carbocycles. The van der Waals surface area contributed by atoms with E-state index in [2.05, 4.69) is 11.2 Å². The molecule has 0 unspecified atom stereocenters. The first-order valence-electron chi connectivity index (χ1n) is 1.33. The molecule has 0 aromatic rings. The zero-order chi connectivity index (χ0) is 9.00. The van der Waals surface area contributed by atoms with Crippen molar-refractivity contribution in [3.63, 3.8) is 0 Å². The first-order valence-corrected chi connectivity index (χ1v) is 5.00. The van der Waals surface area contributed by atoms with E-state index in [4.69, 9.17) is 30.8 Å². The van der Waals surface area contributed by atoms with Gasteiger partial charge in [-0.1, -0.05) is 0 Å². The predicted molar refractivity (Wildman–Crippen MR) is 32.6 cm³/mol. The molecular weight excluding hydrogens is 286 g/mol. The van der Waals surface area contributed by atoms with E-state index in [9.17, 15) is 0 Å². The van der Waals surface area contributed by atoms with E-state index >= 15 is 0 Å². The Balaban J connectivity index is -0.0000000457. The Bertz CT molecular complexity index is 215. The summed E-state index contributed by atoms with van der Waals surface area (Å²) in [6, 6.07) is 0. The van der Waals surface area contributed by atoms with Gasteiger partial charge in [-0.3, -0.25) is 12.6 Å². The van der Waals surface area contributed by atoms with Gasteiger partial charge in [-0.15, -0.1) is 9.05 Å². The van der Waals surface area contributed by atoms with Gasteiger partial charge in [0.15, 0.2) is 0 Å². The van der Waals surface area contributed by atoms with E-state index in [1.165, 1.54) is 0 Å². The Hall–Kier alpha value is 0.639. The number of rotatable bonds is 0. The molecule has 12 heavy (non-hydrogen) atoms. The summed E-state index contributed by atoms with van der Waals surface area (Å²) >= 11 is 3.24. The normalized spacial score (nSPS) is 9.67. The Morgan fingerprint density at radius 1 is 0.917 bits per heavy atom. The van der Waals surface area contributed by atoms with Gasteiger partial charge in [-0.05, 0) is 11.2 Å². The average Bonchev–Trinajstić information content (AvgIpc) is 1.12. The second-order valence-corrected chi connectivity index (χ2v) is 3.67. The molecule has 0 rings (SSSR count). The van der Waals surface area contributed by atoms with Crippen molar-refractivity contribution in [2.24, 2.45) is 0 Å². The van der Waals surface area contributed by atoms with Gasteiger partial charge in [-0.25, -0.2) is 0 Å². The fourth-order valence-corrected chi connectivity index (χ4v) is 0. The van der Waals surface area contributed by atoms with Crippen LogP contribution in [0.2, 0.25) is 0 Å². The average molecular weight is 289 g/mol. The van der Waals surface area contributed by atoms with E-state index < -0.39 is 19.5 Å². The molecule has 0 aliphatic carbocycles. The summed E-state index contributed by atoms with van der Waals surface area (Å²) in [4.78, 5) is 0. The van der Waals surface area contributed by atoms with Gasteiger partial charge >= 0.3 is 17.1 Å². The summed E-state index contributed by atoms with van der Waals surface area (Å²) in [6.07, 6.45) is 0. The molecule has 0 bridgehead atoms. The summed E-state index contributed by atoms with van der Waals surface area (Å²) in [6.45, 7) is 0. The SMILES string of the molecule is N.O=S(=O)([O-])[O-].O=S([O-])([O-])=S.[Cu+4]. The zero-order valence-corrected chi connectivity index (χ0v) is 8.48. The van der Waals surface area contributed by atoms with Crippen LogP contribution in [0.25, 0.3) is 0 Å². The third kappa shape index (κ3) is 2420. The maximum atomic E-state index is 8.89. The Morgan fingerprint density at radius 3 is 0.917 bits per heavy atom. The van der Waals surface area contributed by atoms with Crippen molar-refractivity contribution in [1.29, 1.82) is 0 Å². The maximum absolute atomic E-state index is 8.89. The van der Waals surface area contributed by atoms with E-state index in [-0.39, 0.29) is 23.2 Å². The third-order valence-corrected chi connectivity index (χ3v) is 0. The second kappa shape index (κ2) is 8.25. The zero-order valence-electron chi connectivity index (χ0n) is 5.09. The second-order valence-electron chi connectivity index (χ2n) is 0.816. The van der Waals surface area contributed by atoms with Crippen molar-refractivity contribution in [2.45, 2.75) is 0 Å². The summed E-state index contributed by atoms with van der Waals surface area (Å²) in [5.74, 6) is 0. The van der Waals surface area contributed by atoms with Crippen LogP contribution in [-0.2, 0) is 47.7 Å². The Morgan fingerprint density at radius 2 is 0.917 bits per heavy atom. The molecule has 0 saturated heterocycles. The molecule has 0 fully saturated rings. The van der Waals surface area contributed by atoms with Crippen LogP contribution in [0.1, 0.15) is 0 Å². The molecule has 0 aliphatic rings. The van der Waals surface area contributed by atoms with Crippen LogP contribution in [0.15, 0.2) is 0 Å². The quantitative estimate of drug-likeness (QED) is 0.294. The summed E-state index contributed by atoms with van der Waals surface area (Å²) in [5.41, 5.74) is 0. The van der Waals surface area contributed by atoms with Crippen molar-refractivity contribution >= 4 is 30.6 Å². The van der Waals surface area contributed by atoms with Crippen LogP contribution < -0.4 is 6.15 Å². The van der Waals surface area contributed by atoms with Gasteiger partial charge < -0.3 is 24.4 Å². The van der Waals surface area contributed by atoms with Gasteiger partial charge in [0.05, 0.1) is 0 Å². The first-order chi connectivity index (χ1) is 4.00. The van der Waals surface area contributed by atoms with Crippen molar-refractivity contribution in [3.05, 3.63) is 0 Å². The molecule has 3 N–H and O–H groups in total. The maximum Gasteiger partial charge on any atom is 4.00 e. The van der Waals surface area contributed by atoms with Crippen LogP contribution >= 0.6 is 0 Å². The van der Waals surface area contributed by atoms with Gasteiger partial charge in [-0.2, -0.15) is 0 Å². The summed E-state index contributed by atoms with van der Waals surface area (Å²) < 4.78 is 60.8. The molecule has 0 atom stereocenters. The molecular formula is H3CuNO7S3. The Kier molecular flexibility index (Phi) is 15.8. The van der Waals surface area contributed by atoms with Crippen molar-refractivity contribution in [1.82, 2.24) is 6.15 Å². The molecule has 8 nitrogen and oxygen atoms in total. The number of hydrogen-bond donors (Lipinski definition) is 1. The van der Waals surface area contributed by atoms with E-state index in [1.54, 1.807) is 0 Å². The molecule has 12 heteroatoms. The molecule has 0 saturated carbocycles. The van der Waals surface area contributed by atoms with Crippen LogP contribution in [-0.4, -0.2) is 30.8 Å². The van der Waals surface area contributed by atoms with Gasteiger partial charge in [0.25, 0.3) is 0 Å². The number of hydrogen-bond acceptors (Lipinski definition) is 9. The standard InChI is InChI=1S/Cu.H3N.H2O4S.H2O3S2/c;;2*1-5(2,3)4/h;1H3;2*(H2,1,2,3,4)/q+4;;;/p-4. The van der Waals surface area contributed by atoms with E-state index in [1.807, 2.05) is 0 Å². The molecule has 0 spiro atoms. The largest absolute Gasteiger partial charge is 4.00 e. The minimum atomic E-state index is -5.17. The smallest absolute Gasteiger partial charge is 0.780 e. The van der Waals surface area contributed by atoms with Gasteiger partial charge in [0.2, 0.25) is 0 Å². The topological polar surface area (TPSA) is 178 Å². The molecule has 0 aromatic heterocycles. The minimum absolute atomic E-state index is 0. The molecule has 0 amide bonds.